The molecule has 1 saturated heterocycles. The van der Waals surface area contributed by atoms with Crippen LogP contribution in [-0.4, -0.2) is 47.0 Å². The van der Waals surface area contributed by atoms with E-state index in [1.165, 1.54) is 16.7 Å². The lowest BCUT2D eigenvalue weighted by Gasteiger charge is -2.49. The van der Waals surface area contributed by atoms with E-state index in [1.54, 1.807) is 49.6 Å². The molecule has 170 valence electrons. The largest absolute Gasteiger partial charge is 0.497 e. The van der Waals surface area contributed by atoms with Crippen molar-refractivity contribution in [3.8, 4) is 5.75 Å². The van der Waals surface area contributed by atoms with E-state index in [1.807, 2.05) is 18.2 Å². The van der Waals surface area contributed by atoms with E-state index in [0.29, 0.717) is 23.5 Å². The van der Waals surface area contributed by atoms with Crippen molar-refractivity contribution < 1.29 is 23.9 Å². The Kier molecular flexibility index (Phi) is 6.84. The quantitative estimate of drug-likeness (QED) is 0.367. The first-order valence-corrected chi connectivity index (χ1v) is 11.5. The molecule has 8 heteroatoms. The maximum Gasteiger partial charge on any atom is 0.355 e. The summed E-state index contributed by atoms with van der Waals surface area (Å²) in [5.74, 6) is 0.0516. The molecule has 1 N–H and O–H groups in total. The Morgan fingerprint density at radius 3 is 2.58 bits per heavy atom. The van der Waals surface area contributed by atoms with E-state index in [9.17, 15) is 14.4 Å². The zero-order valence-electron chi connectivity index (χ0n) is 18.2. The molecule has 7 nitrogen and oxygen atoms in total. The van der Waals surface area contributed by atoms with Crippen molar-refractivity contribution in [1.82, 2.24) is 10.2 Å². The highest BCUT2D eigenvalue weighted by molar-refractivity contribution is 8.00. The molecule has 1 fully saturated rings. The molecule has 0 aliphatic carbocycles. The average Bonchev–Trinajstić information content (AvgIpc) is 2.86. The molecule has 2 amide bonds. The molecule has 2 aliphatic heterocycles. The molecule has 0 aromatic heterocycles. The summed E-state index contributed by atoms with van der Waals surface area (Å²) >= 11 is 1.51. The minimum Gasteiger partial charge on any atom is -0.497 e. The van der Waals surface area contributed by atoms with Crippen molar-refractivity contribution in [3.05, 3.63) is 89.6 Å². The van der Waals surface area contributed by atoms with Gasteiger partial charge >= 0.3 is 5.97 Å². The van der Waals surface area contributed by atoms with Crippen molar-refractivity contribution in [1.29, 1.82) is 0 Å². The van der Waals surface area contributed by atoms with E-state index in [4.69, 9.17) is 9.47 Å². The number of allylic oxidation sites excluding steroid dienone is 1. The molecule has 2 aliphatic rings. The van der Waals surface area contributed by atoms with Gasteiger partial charge in [-0.05, 0) is 41.8 Å². The lowest BCUT2D eigenvalue weighted by atomic mass is 10.0. The zero-order chi connectivity index (χ0) is 23.4. The number of carbonyl (C=O) groups is 3. The first-order valence-electron chi connectivity index (χ1n) is 10.5. The van der Waals surface area contributed by atoms with Crippen LogP contribution < -0.4 is 10.1 Å². The SMILES string of the molecule is C=CCC1=C(C(=O)OCc2ccc(OC)cc2)N2C(=O)[C@@H](NC(=O)c3ccccc3)[C@H]2SC1. The Balaban J connectivity index is 1.47. The molecule has 0 saturated carbocycles. The standard InChI is InChI=1S/C25H24N2O5S/c1-3-7-18-15-33-24-20(26-22(28)17-8-5-4-6-9-17)23(29)27(24)21(18)25(30)32-14-16-10-12-19(31-2)13-11-16/h3-6,8-13,20,24H,1,7,14-15H2,2H3,(H,26,28)/t20-,24-/m1/s1. The molecule has 4 rings (SSSR count). The van der Waals surface area contributed by atoms with Crippen LogP contribution in [0.25, 0.3) is 0 Å². The van der Waals surface area contributed by atoms with Crippen LogP contribution in [-0.2, 0) is 20.9 Å². The van der Waals surface area contributed by atoms with Crippen molar-refractivity contribution in [3.63, 3.8) is 0 Å². The van der Waals surface area contributed by atoms with Crippen LogP contribution in [0.15, 0.2) is 78.5 Å². The van der Waals surface area contributed by atoms with Crippen LogP contribution in [0, 0.1) is 0 Å². The van der Waals surface area contributed by atoms with Gasteiger partial charge < -0.3 is 14.8 Å². The lowest BCUT2D eigenvalue weighted by molar-refractivity contribution is -0.152. The summed E-state index contributed by atoms with van der Waals surface area (Å²) in [6, 6.07) is 15.2. The maximum absolute atomic E-state index is 13.0. The second-order valence-corrected chi connectivity index (χ2v) is 8.70. The number of benzene rings is 2. The van der Waals surface area contributed by atoms with Gasteiger partial charge in [-0.15, -0.1) is 18.3 Å². The number of nitrogens with one attached hydrogen (secondary N) is 1. The van der Waals surface area contributed by atoms with Crippen LogP contribution in [0.5, 0.6) is 5.75 Å². The molecule has 0 bridgehead atoms. The van der Waals surface area contributed by atoms with Crippen LogP contribution in [0.2, 0.25) is 0 Å². The van der Waals surface area contributed by atoms with Crippen molar-refractivity contribution in [2.45, 2.75) is 24.4 Å². The second kappa shape index (κ2) is 9.95. The molecular weight excluding hydrogens is 440 g/mol. The number of fused-ring (bicyclic) bond motifs is 1. The van der Waals surface area contributed by atoms with Crippen LogP contribution >= 0.6 is 11.8 Å². The number of thioether (sulfide) groups is 1. The van der Waals surface area contributed by atoms with E-state index >= 15 is 0 Å². The third kappa shape index (κ3) is 4.66. The lowest BCUT2D eigenvalue weighted by Crippen LogP contribution is -2.70. The van der Waals surface area contributed by atoms with Gasteiger partial charge in [0.15, 0.2) is 0 Å². The number of esters is 1. The number of nitrogens with zero attached hydrogens (tertiary/aromatic N) is 1. The summed E-state index contributed by atoms with van der Waals surface area (Å²) in [7, 11) is 1.58. The summed E-state index contributed by atoms with van der Waals surface area (Å²) in [6.07, 6.45) is 2.17. The fraction of sp³-hybridized carbons (Fsp3) is 0.240. The number of ether oxygens (including phenoxy) is 2. The van der Waals surface area contributed by atoms with Crippen LogP contribution in [0.4, 0.5) is 0 Å². The monoisotopic (exact) mass is 464 g/mol. The zero-order valence-corrected chi connectivity index (χ0v) is 19.0. The van der Waals surface area contributed by atoms with Gasteiger partial charge in [0.2, 0.25) is 0 Å². The number of hydrogen-bond donors (Lipinski definition) is 1. The van der Waals surface area contributed by atoms with Gasteiger partial charge in [-0.3, -0.25) is 14.5 Å². The summed E-state index contributed by atoms with van der Waals surface area (Å²) in [5, 5.41) is 2.44. The highest BCUT2D eigenvalue weighted by atomic mass is 32.2. The Labute approximate surface area is 196 Å². The van der Waals surface area contributed by atoms with Gasteiger partial charge in [0.25, 0.3) is 11.8 Å². The third-order valence-electron chi connectivity index (χ3n) is 5.48. The summed E-state index contributed by atoms with van der Waals surface area (Å²) in [4.78, 5) is 40.0. The summed E-state index contributed by atoms with van der Waals surface area (Å²) in [5.41, 5.74) is 2.32. The number of methoxy groups -OCH3 is 1. The number of carbonyl (C=O) groups excluding carboxylic acids is 3. The fourth-order valence-electron chi connectivity index (χ4n) is 3.76. The minimum atomic E-state index is -0.697. The molecule has 0 unspecified atom stereocenters. The highest BCUT2D eigenvalue weighted by Gasteiger charge is 2.54. The number of amides is 2. The highest BCUT2D eigenvalue weighted by Crippen LogP contribution is 2.41. The van der Waals surface area contributed by atoms with E-state index < -0.39 is 12.0 Å². The number of β-lactam (4-membered cyclic amide) rings is 1. The maximum atomic E-state index is 13.0. The minimum absolute atomic E-state index is 0.0711. The Morgan fingerprint density at radius 2 is 1.91 bits per heavy atom. The second-order valence-electron chi connectivity index (χ2n) is 7.60. The fourth-order valence-corrected chi connectivity index (χ4v) is 5.12. The van der Waals surface area contributed by atoms with E-state index in [-0.39, 0.29) is 29.5 Å². The average molecular weight is 465 g/mol. The summed E-state index contributed by atoms with van der Waals surface area (Å²) < 4.78 is 10.7. The van der Waals surface area contributed by atoms with Gasteiger partial charge in [0, 0.05) is 11.3 Å². The number of hydrogen-bond acceptors (Lipinski definition) is 6. The first-order chi connectivity index (χ1) is 16.0. The topological polar surface area (TPSA) is 84.9 Å². The Bertz CT molecular complexity index is 1100. The Morgan fingerprint density at radius 1 is 1.18 bits per heavy atom. The van der Waals surface area contributed by atoms with Crippen molar-refractivity contribution in [2.24, 2.45) is 0 Å². The molecule has 2 atom stereocenters. The molecule has 0 spiro atoms. The van der Waals surface area contributed by atoms with Gasteiger partial charge in [-0.25, -0.2) is 4.79 Å². The predicted octanol–water partition coefficient (Wildman–Crippen LogP) is 3.28. The Hall–Kier alpha value is -3.52. The molecule has 2 aromatic carbocycles. The van der Waals surface area contributed by atoms with Gasteiger partial charge in [-0.2, -0.15) is 0 Å². The smallest absolute Gasteiger partial charge is 0.355 e. The van der Waals surface area contributed by atoms with Crippen molar-refractivity contribution in [2.75, 3.05) is 12.9 Å². The van der Waals surface area contributed by atoms with Gasteiger partial charge in [0.1, 0.15) is 29.5 Å². The molecule has 2 heterocycles. The van der Waals surface area contributed by atoms with Crippen molar-refractivity contribution >= 4 is 29.5 Å². The first kappa shape index (κ1) is 22.7. The molecule has 0 radical (unpaired) electrons. The predicted molar refractivity (Wildman–Crippen MR) is 125 cm³/mol. The van der Waals surface area contributed by atoms with Gasteiger partial charge in [-0.1, -0.05) is 36.4 Å². The normalized spacial score (nSPS) is 19.3. The third-order valence-corrected chi connectivity index (χ3v) is 6.82. The van der Waals surface area contributed by atoms with Gasteiger partial charge in [0.05, 0.1) is 7.11 Å². The number of rotatable bonds is 8. The summed E-state index contributed by atoms with van der Waals surface area (Å²) in [6.45, 7) is 3.83. The van der Waals surface area contributed by atoms with E-state index in [0.717, 1.165) is 11.1 Å². The van der Waals surface area contributed by atoms with E-state index in [2.05, 4.69) is 11.9 Å². The molecular formula is C25H24N2O5S. The molecule has 2 aromatic rings. The van der Waals surface area contributed by atoms with Crippen LogP contribution in [0.1, 0.15) is 22.3 Å². The molecule has 33 heavy (non-hydrogen) atoms. The van der Waals surface area contributed by atoms with Crippen LogP contribution in [0.3, 0.4) is 0 Å².